The van der Waals surface area contributed by atoms with E-state index >= 15 is 0 Å². The van der Waals surface area contributed by atoms with Crippen molar-refractivity contribution in [2.45, 2.75) is 229 Å². The number of hydrogen-bond donors (Lipinski definition) is 8. The molecule has 0 saturated carbocycles. The van der Waals surface area contributed by atoms with E-state index in [2.05, 4.69) is 0 Å². The second-order valence-corrected chi connectivity index (χ2v) is 25.6. The molecule has 24 nitrogen and oxygen atoms in total. The molecule has 0 amide bonds. The third kappa shape index (κ3) is 34.6. The molecular weight excluding hydrogens is 1430 g/mol. The van der Waals surface area contributed by atoms with Crippen LogP contribution in [-0.4, -0.2) is 88.6 Å². The SMILES string of the molecule is O=C(O)C(CCCCCCCCC1c2cc(c([O-])cc2[O-])C(CCCCCCCCC(C(=O)O)C(=O)O)c2cc(c([O-])cc2[O-])C(CCCCCCCCC(C(=O)O)C(=O)O)c2cc(c([O-])cc2[O-])C(CCCCCCCCC(C(=O)O)C(=O)O)c2cc1c([O-])cc2[O-])C(=O)O.[Na+].[Na+].[Na+].[Na+].[Na+].[Na+].[Na+].[Na+]. The summed E-state index contributed by atoms with van der Waals surface area (Å²) in [5.74, 6) is -28.5. The van der Waals surface area contributed by atoms with Gasteiger partial charge in [-0.15, -0.1) is 46.0 Å². The van der Waals surface area contributed by atoms with Crippen LogP contribution < -0.4 is 277 Å². The number of unbranched alkanes of at least 4 members (excludes halogenated alkanes) is 20. The molecule has 104 heavy (non-hydrogen) atoms. The maximum Gasteiger partial charge on any atom is 1.00 e. The number of benzene rings is 4. The van der Waals surface area contributed by atoms with Crippen LogP contribution in [0.4, 0.5) is 0 Å². The smallest absolute Gasteiger partial charge is 0.872 e. The normalized spacial score (nSPS) is 14.1. The van der Waals surface area contributed by atoms with Gasteiger partial charge in [-0.3, -0.25) is 38.4 Å². The van der Waals surface area contributed by atoms with E-state index in [0.717, 1.165) is 24.3 Å². The van der Waals surface area contributed by atoms with E-state index in [9.17, 15) is 120 Å². The van der Waals surface area contributed by atoms with Gasteiger partial charge in [0, 0.05) is 23.7 Å². The molecule has 0 atom stereocenters. The fraction of sp³-hybridized carbons (Fsp3) is 0.556. The summed E-state index contributed by atoms with van der Waals surface area (Å²) in [5, 5.41) is 191. The summed E-state index contributed by atoms with van der Waals surface area (Å²) in [7, 11) is 0. The summed E-state index contributed by atoms with van der Waals surface area (Å²) in [6, 6.07) is 8.97. The van der Waals surface area contributed by atoms with E-state index in [-0.39, 0.29) is 332 Å². The van der Waals surface area contributed by atoms with E-state index in [1.54, 1.807) is 0 Å². The van der Waals surface area contributed by atoms with Gasteiger partial charge in [-0.1, -0.05) is 203 Å². The van der Waals surface area contributed by atoms with E-state index in [0.29, 0.717) is 154 Å². The Hall–Kier alpha value is -0.960. The molecule has 0 spiro atoms. The molecule has 528 valence electrons. The molecule has 8 N–H and O–H groups in total. The Kier molecular flexibility index (Phi) is 60.1. The molecule has 0 unspecified atom stereocenters. The molecule has 0 aliphatic heterocycles. The summed E-state index contributed by atoms with van der Waals surface area (Å²) < 4.78 is 0. The van der Waals surface area contributed by atoms with Crippen LogP contribution in [-0.2, 0) is 38.4 Å². The standard InChI is InChI=1S/C72H96O24.8Na/c73-57-37-59(75)51-33-49(57)41(25-17-9-1-5-13-21-29-45(65(81)82)66(83)84)50-34-52(60(76)38-58(50)74)43(27-19-11-3-7-15-23-31-47(69(89)90)70(91)92)54-36-56(64(80)40-62(54)78)44(28-20-12-4-8-16-24-32-48(71(93)94)72(95)96)55-35-53(61(77)39-63(55)79)42(51)26-18-10-2-6-14-22-30-46(67(85)86)68(87)88;;;;;;;;/h33-48,73-80H,1-32H2,(H,81,82)(H,83,84)(H,85,86)(H,87,88)(H,89,90)(H,91,92)(H,93,94)(H,95,96);;;;;;;;/q;8*+1/p-8. The molecule has 0 aromatic heterocycles. The number of hydrogen-bond acceptors (Lipinski definition) is 16. The molecule has 32 heteroatoms. The van der Waals surface area contributed by atoms with E-state index < -0.39 is 141 Å². The monoisotopic (exact) mass is 1520 g/mol. The maximum absolute atomic E-state index is 14.6. The van der Waals surface area contributed by atoms with Crippen molar-refractivity contribution in [1.29, 1.82) is 0 Å². The van der Waals surface area contributed by atoms with Gasteiger partial charge in [-0.05, 0) is 95.9 Å². The quantitative estimate of drug-likeness (QED) is 0.0116. The predicted molar refractivity (Wildman–Crippen MR) is 331 cm³/mol. The molecule has 0 saturated heterocycles. The second-order valence-electron chi connectivity index (χ2n) is 25.6. The predicted octanol–water partition coefficient (Wildman–Crippen LogP) is -15.2. The largest absolute Gasteiger partial charge is 1.00 e. The summed E-state index contributed by atoms with van der Waals surface area (Å²) >= 11 is 0. The van der Waals surface area contributed by atoms with E-state index in [1.165, 1.54) is 24.3 Å². The summed E-state index contributed by atoms with van der Waals surface area (Å²) in [5.41, 5.74) is -0.189. The van der Waals surface area contributed by atoms with Crippen LogP contribution in [0.1, 0.15) is 274 Å². The molecule has 0 radical (unpaired) electrons. The first-order chi connectivity index (χ1) is 45.7. The Bertz CT molecular complexity index is 2750. The Morgan fingerprint density at radius 3 is 0.452 bits per heavy atom. The van der Waals surface area contributed by atoms with Crippen molar-refractivity contribution in [3.8, 4) is 46.0 Å². The fourth-order valence-electron chi connectivity index (χ4n) is 13.5. The number of fused-ring (bicyclic) bond motifs is 8. The molecule has 0 fully saturated rings. The Labute approximate surface area is 784 Å². The third-order valence-corrected chi connectivity index (χ3v) is 18.9. The van der Waals surface area contributed by atoms with Crippen molar-refractivity contribution < 1.29 is 357 Å². The Balaban J connectivity index is -0.00000625. The Morgan fingerprint density at radius 2 is 0.327 bits per heavy atom. The zero-order valence-corrected chi connectivity index (χ0v) is 78.0. The zero-order chi connectivity index (χ0) is 70.8. The first-order valence-corrected chi connectivity index (χ1v) is 33.6. The number of rotatable bonds is 44. The summed E-state index contributed by atoms with van der Waals surface area (Å²) in [4.78, 5) is 91.9. The molecule has 1 aliphatic carbocycles. The van der Waals surface area contributed by atoms with Crippen molar-refractivity contribution in [2.24, 2.45) is 23.7 Å². The summed E-state index contributed by atoms with van der Waals surface area (Å²) in [6.45, 7) is 0. The topological polar surface area (TPSA) is 483 Å². The minimum atomic E-state index is -1.57. The van der Waals surface area contributed by atoms with Crippen LogP contribution in [0, 0.1) is 23.7 Å². The molecular formula is C72H88Na8O24. The third-order valence-electron chi connectivity index (χ3n) is 18.9. The van der Waals surface area contributed by atoms with Crippen LogP contribution in [0.25, 0.3) is 0 Å². The minimum absolute atomic E-state index is 0. The van der Waals surface area contributed by atoms with Crippen LogP contribution >= 0.6 is 0 Å². The average Bonchev–Trinajstić information content (AvgIpc) is 0.749. The first kappa shape index (κ1) is 109. The number of aliphatic carboxylic acids is 8. The second kappa shape index (κ2) is 57.1. The van der Waals surface area contributed by atoms with Crippen molar-refractivity contribution in [1.82, 2.24) is 0 Å². The molecule has 4 aromatic carbocycles. The number of carboxylic acids is 8. The van der Waals surface area contributed by atoms with Crippen LogP contribution in [0.5, 0.6) is 46.0 Å². The maximum atomic E-state index is 14.6. The van der Waals surface area contributed by atoms with Gasteiger partial charge < -0.3 is 81.7 Å². The fourth-order valence-corrected chi connectivity index (χ4v) is 13.5. The van der Waals surface area contributed by atoms with Crippen molar-refractivity contribution >= 4 is 47.8 Å². The van der Waals surface area contributed by atoms with Gasteiger partial charge in [0.25, 0.3) is 0 Å². The number of carbonyl (C=O) groups is 8. The van der Waals surface area contributed by atoms with Gasteiger partial charge in [-0.2, -0.15) is 0 Å². The molecule has 4 aromatic rings. The average molecular weight is 1520 g/mol. The minimum Gasteiger partial charge on any atom is -0.872 e. The van der Waals surface area contributed by atoms with Crippen LogP contribution in [0.2, 0.25) is 0 Å². The van der Waals surface area contributed by atoms with Crippen LogP contribution in [0.15, 0.2) is 48.5 Å². The molecule has 5 rings (SSSR count). The zero-order valence-electron chi connectivity index (χ0n) is 62.0. The summed E-state index contributed by atoms with van der Waals surface area (Å²) in [6.07, 6.45) is 11.0. The van der Waals surface area contributed by atoms with Gasteiger partial charge in [-0.25, -0.2) is 0 Å². The van der Waals surface area contributed by atoms with E-state index in [1.807, 2.05) is 0 Å². The van der Waals surface area contributed by atoms with Crippen LogP contribution in [0.3, 0.4) is 0 Å². The van der Waals surface area contributed by atoms with Crippen molar-refractivity contribution in [2.75, 3.05) is 0 Å². The molecule has 1 aliphatic rings. The van der Waals surface area contributed by atoms with Gasteiger partial charge in [0.15, 0.2) is 23.7 Å². The van der Waals surface area contributed by atoms with E-state index in [4.69, 9.17) is 0 Å². The van der Waals surface area contributed by atoms with Crippen molar-refractivity contribution in [3.63, 3.8) is 0 Å². The molecule has 8 bridgehead atoms. The van der Waals surface area contributed by atoms with Gasteiger partial charge in [0.05, 0.1) is 0 Å². The Morgan fingerprint density at radius 1 is 0.212 bits per heavy atom. The van der Waals surface area contributed by atoms with Crippen molar-refractivity contribution in [3.05, 3.63) is 93.0 Å². The van der Waals surface area contributed by atoms with Gasteiger partial charge in [0.1, 0.15) is 0 Å². The molecule has 0 heterocycles. The first-order valence-electron chi connectivity index (χ1n) is 33.6. The number of carboxylic acid groups (broad SMARTS) is 8. The van der Waals surface area contributed by atoms with Gasteiger partial charge in [0.2, 0.25) is 0 Å². The van der Waals surface area contributed by atoms with Gasteiger partial charge >= 0.3 is 284 Å².